The summed E-state index contributed by atoms with van der Waals surface area (Å²) in [5.41, 5.74) is 0.105. The van der Waals surface area contributed by atoms with Gasteiger partial charge in [0.1, 0.15) is 5.75 Å². The van der Waals surface area contributed by atoms with Crippen molar-refractivity contribution in [1.82, 2.24) is 0 Å². The maximum atomic E-state index is 13.4. The Balaban J connectivity index is 2.55. The lowest BCUT2D eigenvalue weighted by Gasteiger charge is -2.25. The molecule has 0 bridgehead atoms. The maximum Gasteiger partial charge on any atom is 0.275 e. The smallest absolute Gasteiger partial charge is 0.275 e. The standard InChI is InChI=1S/C10H10F2OS/c1-13-8-4-2-3-7-9(8)14-6-5-10(7,11)12/h2-4H,5-6H2,1H3. The zero-order valence-corrected chi connectivity index (χ0v) is 8.54. The second kappa shape index (κ2) is 3.42. The molecule has 14 heavy (non-hydrogen) atoms. The normalized spacial score (nSPS) is 18.8. The van der Waals surface area contributed by atoms with Crippen LogP contribution >= 0.6 is 11.8 Å². The highest BCUT2D eigenvalue weighted by atomic mass is 32.2. The van der Waals surface area contributed by atoms with E-state index in [1.165, 1.54) is 24.9 Å². The van der Waals surface area contributed by atoms with Gasteiger partial charge in [0.25, 0.3) is 5.92 Å². The van der Waals surface area contributed by atoms with Gasteiger partial charge in [0.15, 0.2) is 0 Å². The number of methoxy groups -OCH3 is 1. The van der Waals surface area contributed by atoms with Crippen LogP contribution in [0.4, 0.5) is 8.78 Å². The summed E-state index contributed by atoms with van der Waals surface area (Å²) in [5.74, 6) is -1.71. The minimum absolute atomic E-state index is 0.0855. The molecule has 0 spiro atoms. The summed E-state index contributed by atoms with van der Waals surface area (Å²) in [6, 6.07) is 4.80. The molecule has 1 aromatic rings. The van der Waals surface area contributed by atoms with Crippen molar-refractivity contribution < 1.29 is 13.5 Å². The van der Waals surface area contributed by atoms with Crippen molar-refractivity contribution in [3.05, 3.63) is 23.8 Å². The van der Waals surface area contributed by atoms with Crippen LogP contribution in [0, 0.1) is 0 Å². The first kappa shape index (κ1) is 9.77. The molecule has 0 saturated heterocycles. The Bertz CT molecular complexity index is 352. The van der Waals surface area contributed by atoms with Gasteiger partial charge in [0.05, 0.1) is 12.0 Å². The lowest BCUT2D eigenvalue weighted by atomic mass is 10.1. The third-order valence-corrected chi connectivity index (χ3v) is 3.37. The van der Waals surface area contributed by atoms with E-state index < -0.39 is 5.92 Å². The van der Waals surface area contributed by atoms with Crippen molar-refractivity contribution in [3.63, 3.8) is 0 Å². The van der Waals surface area contributed by atoms with E-state index in [1.807, 2.05) is 0 Å². The average molecular weight is 216 g/mol. The molecule has 0 unspecified atom stereocenters. The number of hydrogen-bond acceptors (Lipinski definition) is 2. The summed E-state index contributed by atoms with van der Waals surface area (Å²) in [5, 5.41) is 0. The second-order valence-corrected chi connectivity index (χ2v) is 4.25. The summed E-state index contributed by atoms with van der Waals surface area (Å²) in [7, 11) is 1.50. The van der Waals surface area contributed by atoms with Crippen molar-refractivity contribution in [3.8, 4) is 5.75 Å². The third kappa shape index (κ3) is 1.47. The van der Waals surface area contributed by atoms with Gasteiger partial charge in [-0.2, -0.15) is 0 Å². The molecule has 1 aromatic carbocycles. The molecule has 0 N–H and O–H groups in total. The Morgan fingerprint density at radius 2 is 2.21 bits per heavy atom. The van der Waals surface area contributed by atoms with E-state index in [0.29, 0.717) is 16.4 Å². The largest absolute Gasteiger partial charge is 0.496 e. The van der Waals surface area contributed by atoms with Gasteiger partial charge in [-0.3, -0.25) is 0 Å². The molecule has 0 atom stereocenters. The highest BCUT2D eigenvalue weighted by Gasteiger charge is 2.38. The van der Waals surface area contributed by atoms with Crippen LogP contribution in [0.15, 0.2) is 23.1 Å². The number of ether oxygens (including phenoxy) is 1. The molecule has 0 aliphatic carbocycles. The minimum Gasteiger partial charge on any atom is -0.496 e. The zero-order valence-electron chi connectivity index (χ0n) is 7.72. The van der Waals surface area contributed by atoms with Gasteiger partial charge in [-0.25, -0.2) is 8.78 Å². The Hall–Kier alpha value is -0.770. The Morgan fingerprint density at radius 3 is 2.93 bits per heavy atom. The first-order chi connectivity index (χ1) is 6.65. The molecule has 1 aliphatic heterocycles. The fourth-order valence-electron chi connectivity index (χ4n) is 1.53. The molecule has 1 nitrogen and oxygen atoms in total. The van der Waals surface area contributed by atoms with Crippen LogP contribution in [-0.4, -0.2) is 12.9 Å². The molecule has 0 aromatic heterocycles. The molecule has 0 amide bonds. The van der Waals surface area contributed by atoms with Crippen LogP contribution in [-0.2, 0) is 5.92 Å². The average Bonchev–Trinajstić information content (AvgIpc) is 2.17. The maximum absolute atomic E-state index is 13.4. The minimum atomic E-state index is -2.70. The van der Waals surface area contributed by atoms with E-state index in [1.54, 1.807) is 12.1 Å². The van der Waals surface area contributed by atoms with E-state index in [4.69, 9.17) is 4.74 Å². The molecule has 0 saturated carbocycles. The Labute approximate surface area is 85.5 Å². The van der Waals surface area contributed by atoms with Gasteiger partial charge < -0.3 is 4.74 Å². The van der Waals surface area contributed by atoms with Gasteiger partial charge in [0.2, 0.25) is 0 Å². The zero-order chi connectivity index (χ0) is 10.2. The summed E-state index contributed by atoms with van der Waals surface area (Å²) < 4.78 is 31.9. The van der Waals surface area contributed by atoms with Gasteiger partial charge in [0, 0.05) is 17.7 Å². The number of hydrogen-bond donors (Lipinski definition) is 0. The third-order valence-electron chi connectivity index (χ3n) is 2.26. The summed E-state index contributed by atoms with van der Waals surface area (Å²) >= 11 is 1.44. The van der Waals surface area contributed by atoms with Crippen molar-refractivity contribution >= 4 is 11.8 Å². The predicted molar refractivity (Wildman–Crippen MR) is 52.2 cm³/mol. The monoisotopic (exact) mass is 216 g/mol. The first-order valence-electron chi connectivity index (χ1n) is 4.33. The first-order valence-corrected chi connectivity index (χ1v) is 5.32. The number of halogens is 2. The number of fused-ring (bicyclic) bond motifs is 1. The summed E-state index contributed by atoms with van der Waals surface area (Å²) in [6.07, 6.45) is -0.0855. The van der Waals surface area contributed by atoms with E-state index >= 15 is 0 Å². The molecule has 76 valence electrons. The number of alkyl halides is 2. The predicted octanol–water partition coefficient (Wildman–Crippen LogP) is 3.28. The second-order valence-electron chi connectivity index (χ2n) is 3.14. The molecule has 1 aliphatic rings. The van der Waals surface area contributed by atoms with E-state index in [-0.39, 0.29) is 12.0 Å². The van der Waals surface area contributed by atoms with Gasteiger partial charge in [-0.1, -0.05) is 12.1 Å². The van der Waals surface area contributed by atoms with Crippen molar-refractivity contribution in [1.29, 1.82) is 0 Å². The molecule has 2 rings (SSSR count). The summed E-state index contributed by atoms with van der Waals surface area (Å²) in [6.45, 7) is 0. The van der Waals surface area contributed by atoms with E-state index in [0.717, 1.165) is 0 Å². The van der Waals surface area contributed by atoms with Crippen molar-refractivity contribution in [2.24, 2.45) is 0 Å². The number of benzene rings is 1. The quantitative estimate of drug-likeness (QED) is 0.712. The molecular weight excluding hydrogens is 206 g/mol. The molecular formula is C10H10F2OS. The van der Waals surface area contributed by atoms with Crippen LogP contribution in [0.2, 0.25) is 0 Å². The number of thioether (sulfide) groups is 1. The van der Waals surface area contributed by atoms with Crippen LogP contribution < -0.4 is 4.74 Å². The summed E-state index contributed by atoms with van der Waals surface area (Å²) in [4.78, 5) is 0.589. The van der Waals surface area contributed by atoms with Crippen LogP contribution in [0.1, 0.15) is 12.0 Å². The molecule has 4 heteroatoms. The Morgan fingerprint density at radius 1 is 1.43 bits per heavy atom. The molecule has 0 radical (unpaired) electrons. The van der Waals surface area contributed by atoms with E-state index in [9.17, 15) is 8.78 Å². The number of rotatable bonds is 1. The van der Waals surface area contributed by atoms with Gasteiger partial charge in [-0.05, 0) is 6.07 Å². The fourth-order valence-corrected chi connectivity index (χ4v) is 2.76. The van der Waals surface area contributed by atoms with Crippen LogP contribution in [0.5, 0.6) is 5.75 Å². The Kier molecular flexibility index (Phi) is 2.39. The SMILES string of the molecule is COc1cccc2c1SCCC2(F)F. The lowest BCUT2D eigenvalue weighted by Crippen LogP contribution is -2.19. The van der Waals surface area contributed by atoms with Gasteiger partial charge >= 0.3 is 0 Å². The lowest BCUT2D eigenvalue weighted by molar-refractivity contribution is -0.0119. The van der Waals surface area contributed by atoms with Crippen LogP contribution in [0.25, 0.3) is 0 Å². The van der Waals surface area contributed by atoms with Gasteiger partial charge in [-0.15, -0.1) is 11.8 Å². The highest BCUT2D eigenvalue weighted by molar-refractivity contribution is 7.99. The highest BCUT2D eigenvalue weighted by Crippen LogP contribution is 2.47. The van der Waals surface area contributed by atoms with Crippen molar-refractivity contribution in [2.75, 3.05) is 12.9 Å². The molecule has 0 fully saturated rings. The van der Waals surface area contributed by atoms with E-state index in [2.05, 4.69) is 0 Å². The van der Waals surface area contributed by atoms with Crippen LogP contribution in [0.3, 0.4) is 0 Å². The van der Waals surface area contributed by atoms with Crippen molar-refractivity contribution in [2.45, 2.75) is 17.2 Å². The molecule has 1 heterocycles. The topological polar surface area (TPSA) is 9.23 Å². The fraction of sp³-hybridized carbons (Fsp3) is 0.400.